The topological polar surface area (TPSA) is 91.3 Å². The fourth-order valence-corrected chi connectivity index (χ4v) is 9.63. The second-order valence-electron chi connectivity index (χ2n) is 12.4. The standard InChI is InChI=1S/C29H36O5S/c1-6-28-13-11-22(26(28,2)3)20(24(28)30)15-18-7-9-19(10-8-18)16-21-23-12-14-29(25(21)31,27(23,4)5)17-35(32,33)34/h7-10,15-16,22-23H,6,11-14,17H2,1-5H3,(H,32,33,34)/b20-15+,21-16+/i/hD. The van der Waals surface area contributed by atoms with E-state index in [-0.39, 0.29) is 24.0 Å². The van der Waals surface area contributed by atoms with Gasteiger partial charge in [-0.25, -0.2) is 8.42 Å². The lowest BCUT2D eigenvalue weighted by molar-refractivity contribution is -0.127. The van der Waals surface area contributed by atoms with Crippen LogP contribution in [-0.4, -0.2) is 30.3 Å². The monoisotopic (exact) mass is 497 g/mol. The first-order valence-electron chi connectivity index (χ1n) is 12.8. The van der Waals surface area contributed by atoms with Gasteiger partial charge >= 0.3 is 1.43 Å². The highest BCUT2D eigenvalue weighted by molar-refractivity contribution is 7.85. The Bertz CT molecular complexity index is 1290. The molecule has 0 N–H and O–H groups in total. The van der Waals surface area contributed by atoms with E-state index in [9.17, 15) is 22.6 Å². The van der Waals surface area contributed by atoms with E-state index in [1.54, 1.807) is 0 Å². The Morgan fingerprint density at radius 3 is 1.66 bits per heavy atom. The molecule has 5 rings (SSSR count). The van der Waals surface area contributed by atoms with Gasteiger partial charge in [0.2, 0.25) is 0 Å². The third kappa shape index (κ3) is 3.18. The van der Waals surface area contributed by atoms with Crippen LogP contribution in [0, 0.1) is 33.5 Å². The molecule has 188 valence electrons. The number of hydrogen-bond acceptors (Lipinski definition) is 5. The third-order valence-corrected chi connectivity index (χ3v) is 11.5. The molecule has 0 aromatic heterocycles. The Kier molecular flexibility index (Phi) is 5.27. The minimum atomic E-state index is -4.52. The highest BCUT2D eigenvalue weighted by Gasteiger charge is 2.67. The van der Waals surface area contributed by atoms with E-state index in [0.717, 1.165) is 36.0 Å². The summed E-state index contributed by atoms with van der Waals surface area (Å²) in [6.45, 7) is 10.4. The molecule has 1 aromatic carbocycles. The first-order chi connectivity index (χ1) is 16.2. The van der Waals surface area contributed by atoms with Gasteiger partial charge in [0.05, 0.1) is 21.3 Å². The minimum Gasteiger partial charge on any atom is -0.748 e. The molecule has 1 aromatic rings. The molecule has 4 aliphatic carbocycles. The van der Waals surface area contributed by atoms with Crippen molar-refractivity contribution in [3.05, 3.63) is 46.5 Å². The molecule has 4 atom stereocenters. The molecule has 0 amide bonds. The molecular formula is C29H36O5S. The van der Waals surface area contributed by atoms with E-state index in [4.69, 9.17) is 0 Å². The fraction of sp³-hybridized carbons (Fsp3) is 0.586. The van der Waals surface area contributed by atoms with Crippen LogP contribution < -0.4 is 0 Å². The van der Waals surface area contributed by atoms with E-state index in [0.29, 0.717) is 30.1 Å². The zero-order valence-electron chi connectivity index (χ0n) is 22.3. The van der Waals surface area contributed by atoms with E-state index in [1.165, 1.54) is 0 Å². The van der Waals surface area contributed by atoms with Gasteiger partial charge in [0.1, 0.15) is 0 Å². The Morgan fingerprint density at radius 1 is 0.857 bits per heavy atom. The van der Waals surface area contributed by atoms with Crippen LogP contribution >= 0.6 is 0 Å². The second-order valence-corrected chi connectivity index (χ2v) is 13.8. The lowest BCUT2D eigenvalue weighted by atomic mass is 9.67. The van der Waals surface area contributed by atoms with E-state index >= 15 is 0 Å². The minimum absolute atomic E-state index is 0. The Labute approximate surface area is 210 Å². The van der Waals surface area contributed by atoms with Crippen LogP contribution in [0.15, 0.2) is 35.4 Å². The lowest BCUT2D eigenvalue weighted by Crippen LogP contribution is -2.42. The predicted molar refractivity (Wildman–Crippen MR) is 136 cm³/mol. The summed E-state index contributed by atoms with van der Waals surface area (Å²) >= 11 is 0. The quantitative estimate of drug-likeness (QED) is 0.394. The zero-order valence-corrected chi connectivity index (χ0v) is 22.1. The van der Waals surface area contributed by atoms with Crippen LogP contribution in [0.1, 0.15) is 79.3 Å². The summed E-state index contributed by atoms with van der Waals surface area (Å²) in [5.74, 6) is -0.279. The van der Waals surface area contributed by atoms with Crippen LogP contribution in [0.3, 0.4) is 0 Å². The largest absolute Gasteiger partial charge is 1.00 e. The molecule has 0 spiro atoms. The molecule has 6 heteroatoms. The second kappa shape index (κ2) is 7.48. The molecule has 4 saturated carbocycles. The Balaban J connectivity index is 0.00000304. The first-order valence-corrected chi connectivity index (χ1v) is 14.3. The van der Waals surface area contributed by atoms with Crippen molar-refractivity contribution in [3.63, 3.8) is 0 Å². The first kappa shape index (κ1) is 24.6. The zero-order chi connectivity index (χ0) is 25.6. The van der Waals surface area contributed by atoms with Crippen molar-refractivity contribution in [1.29, 1.82) is 0 Å². The fourth-order valence-electron chi connectivity index (χ4n) is 8.38. The van der Waals surface area contributed by atoms with Crippen LogP contribution in [0.2, 0.25) is 0 Å². The average molecular weight is 498 g/mol. The summed E-state index contributed by atoms with van der Waals surface area (Å²) in [4.78, 5) is 26.8. The number of allylic oxidation sites excluding steroid dienone is 2. The number of fused-ring (bicyclic) bond motifs is 4. The molecule has 4 fully saturated rings. The van der Waals surface area contributed by atoms with Gasteiger partial charge in [0.15, 0.2) is 11.6 Å². The van der Waals surface area contributed by atoms with Crippen LogP contribution in [0.5, 0.6) is 0 Å². The van der Waals surface area contributed by atoms with Crippen LogP contribution in [-0.2, 0) is 19.7 Å². The molecule has 0 aliphatic heterocycles. The smallest absolute Gasteiger partial charge is 0.748 e. The van der Waals surface area contributed by atoms with Crippen molar-refractivity contribution in [2.24, 2.45) is 33.5 Å². The molecule has 0 saturated heterocycles. The normalized spacial score (nSPS) is 37.2. The van der Waals surface area contributed by atoms with Gasteiger partial charge in [0.25, 0.3) is 0 Å². The van der Waals surface area contributed by atoms with Crippen LogP contribution in [0.4, 0.5) is 0 Å². The summed E-state index contributed by atoms with van der Waals surface area (Å²) in [6.07, 6.45) is 7.97. The molecule has 35 heavy (non-hydrogen) atoms. The third-order valence-electron chi connectivity index (χ3n) is 10.7. The summed E-state index contributed by atoms with van der Waals surface area (Å²) in [5.41, 5.74) is 1.46. The number of ketones is 2. The van der Waals surface area contributed by atoms with Crippen molar-refractivity contribution in [2.75, 3.05) is 5.75 Å². The number of carbonyl (C=O) groups excluding carboxylic acids is 2. The average Bonchev–Trinajstić information content (AvgIpc) is 3.28. The number of benzene rings is 1. The summed E-state index contributed by atoms with van der Waals surface area (Å²) in [7, 11) is -4.52. The maximum Gasteiger partial charge on any atom is 1.00 e. The molecule has 5 nitrogen and oxygen atoms in total. The van der Waals surface area contributed by atoms with Gasteiger partial charge < -0.3 is 4.55 Å². The summed E-state index contributed by atoms with van der Waals surface area (Å²) < 4.78 is 34.9. The van der Waals surface area contributed by atoms with Crippen molar-refractivity contribution < 1.29 is 24.0 Å². The van der Waals surface area contributed by atoms with Gasteiger partial charge in [-0.05, 0) is 83.6 Å². The van der Waals surface area contributed by atoms with Crippen LogP contribution in [0.25, 0.3) is 12.2 Å². The van der Waals surface area contributed by atoms with Gasteiger partial charge in [0, 0.05) is 11.0 Å². The van der Waals surface area contributed by atoms with E-state index in [2.05, 4.69) is 20.8 Å². The summed E-state index contributed by atoms with van der Waals surface area (Å²) in [6, 6.07) is 7.85. The number of rotatable bonds is 5. The number of Topliss-reactive ketones (excluding diaryl/α,β-unsaturated/α-hetero) is 2. The van der Waals surface area contributed by atoms with Crippen molar-refractivity contribution in [1.82, 2.24) is 0 Å². The number of hydrogen-bond donors (Lipinski definition) is 0. The molecule has 0 heterocycles. The molecule has 4 bridgehead atoms. The predicted octanol–water partition coefficient (Wildman–Crippen LogP) is 5.53. The molecule has 0 radical (unpaired) electrons. The maximum atomic E-state index is 13.4. The Hall–Kier alpha value is -2.05. The molecule has 4 unspecified atom stereocenters. The summed E-state index contributed by atoms with van der Waals surface area (Å²) in [5, 5.41) is 0. The highest BCUT2D eigenvalue weighted by atomic mass is 32.2. The van der Waals surface area contributed by atoms with Crippen molar-refractivity contribution in [2.45, 2.75) is 66.7 Å². The highest BCUT2D eigenvalue weighted by Crippen LogP contribution is 2.68. The van der Waals surface area contributed by atoms with Gasteiger partial charge in [-0.2, -0.15) is 0 Å². The number of carbonyl (C=O) groups is 2. The SMILES string of the molecule is CCC12CCC(/C(=C\c3ccc(/C=C4/C(=O)C5(CS(=O)(=O)[O-])CCC4C5(C)C)cc3)C1=O)C2(C)C.[2H+]. The van der Waals surface area contributed by atoms with Gasteiger partial charge in [-0.3, -0.25) is 9.59 Å². The van der Waals surface area contributed by atoms with E-state index in [1.807, 2.05) is 50.3 Å². The lowest BCUT2D eigenvalue weighted by Gasteiger charge is -2.36. The van der Waals surface area contributed by atoms with Gasteiger partial charge in [-0.15, -0.1) is 0 Å². The van der Waals surface area contributed by atoms with Crippen molar-refractivity contribution in [3.8, 4) is 0 Å². The van der Waals surface area contributed by atoms with Gasteiger partial charge in [-0.1, -0.05) is 58.9 Å². The molecule has 4 aliphatic rings. The van der Waals surface area contributed by atoms with Crippen molar-refractivity contribution >= 4 is 33.8 Å². The Morgan fingerprint density at radius 2 is 1.26 bits per heavy atom. The van der Waals surface area contributed by atoms with E-state index < -0.39 is 26.7 Å². The molecular weight excluding hydrogens is 460 g/mol. The maximum absolute atomic E-state index is 13.4.